The number of benzene rings is 1. The van der Waals surface area contributed by atoms with Crippen LogP contribution in [-0.4, -0.2) is 24.1 Å². The maximum absolute atomic E-state index is 12.3. The molecule has 0 radical (unpaired) electrons. The Hall–Kier alpha value is -0.680. The molecule has 0 aliphatic carbocycles. The van der Waals surface area contributed by atoms with Crippen LogP contribution in [0.25, 0.3) is 0 Å². The summed E-state index contributed by atoms with van der Waals surface area (Å²) in [4.78, 5) is 12.3. The molecule has 1 atom stereocenters. The lowest BCUT2D eigenvalue weighted by Crippen LogP contribution is -2.46. The van der Waals surface area contributed by atoms with Crippen molar-refractivity contribution in [1.82, 2.24) is 5.32 Å². The van der Waals surface area contributed by atoms with Crippen LogP contribution < -0.4 is 10.6 Å². The number of carbonyl (C=O) groups excluding carboxylic acids is 1. The molecule has 1 fully saturated rings. The molecule has 1 aromatic rings. The molecule has 0 spiro atoms. The quantitative estimate of drug-likeness (QED) is 0.723. The summed E-state index contributed by atoms with van der Waals surface area (Å²) >= 11 is 11.6. The van der Waals surface area contributed by atoms with E-state index in [2.05, 4.69) is 10.6 Å². The highest BCUT2D eigenvalue weighted by Crippen LogP contribution is 2.35. The molecule has 112 valence electrons. The SMILES string of the molecule is CC1(C(=O)Nc2cc(Cl)c(O)c(Cl)c2)CCCNC1.Cl. The van der Waals surface area contributed by atoms with Crippen LogP contribution in [0.1, 0.15) is 19.8 Å². The predicted octanol–water partition coefficient (Wildman–Crippen LogP) is 3.45. The maximum atomic E-state index is 12.3. The van der Waals surface area contributed by atoms with E-state index in [0.29, 0.717) is 12.2 Å². The summed E-state index contributed by atoms with van der Waals surface area (Å²) in [5.41, 5.74) is 0.0549. The van der Waals surface area contributed by atoms with Crippen LogP contribution in [0.5, 0.6) is 5.75 Å². The van der Waals surface area contributed by atoms with Crippen LogP contribution >= 0.6 is 35.6 Å². The van der Waals surface area contributed by atoms with Crippen LogP contribution in [0.4, 0.5) is 5.69 Å². The fourth-order valence-electron chi connectivity index (χ4n) is 2.17. The van der Waals surface area contributed by atoms with Crippen LogP contribution in [0.2, 0.25) is 10.0 Å². The molecule has 0 saturated carbocycles. The molecule has 1 aromatic carbocycles. The molecule has 1 aliphatic heterocycles. The zero-order valence-electron chi connectivity index (χ0n) is 11.0. The Bertz CT molecular complexity index is 479. The molecule has 3 N–H and O–H groups in total. The molecule has 1 heterocycles. The fourth-order valence-corrected chi connectivity index (χ4v) is 2.66. The standard InChI is InChI=1S/C13H16Cl2N2O2.ClH/c1-13(3-2-4-16-7-13)12(19)17-8-5-9(14)11(18)10(15)6-8;/h5-6,16,18H,2-4,7H2,1H3,(H,17,19);1H. The van der Waals surface area contributed by atoms with Gasteiger partial charge >= 0.3 is 0 Å². The van der Waals surface area contributed by atoms with Gasteiger partial charge in [-0.05, 0) is 38.4 Å². The highest BCUT2D eigenvalue weighted by molar-refractivity contribution is 6.37. The summed E-state index contributed by atoms with van der Waals surface area (Å²) in [6, 6.07) is 2.97. The Labute approximate surface area is 134 Å². The summed E-state index contributed by atoms with van der Waals surface area (Å²) in [5.74, 6) is -0.246. The predicted molar refractivity (Wildman–Crippen MR) is 84.2 cm³/mol. The number of nitrogens with one attached hydrogen (secondary N) is 2. The van der Waals surface area contributed by atoms with E-state index < -0.39 is 5.41 Å². The minimum atomic E-state index is -0.435. The van der Waals surface area contributed by atoms with Gasteiger partial charge in [-0.2, -0.15) is 0 Å². The number of piperidine rings is 1. The van der Waals surface area contributed by atoms with Crippen molar-refractivity contribution in [3.8, 4) is 5.75 Å². The molecular formula is C13H17Cl3N2O2. The number of hydrogen-bond acceptors (Lipinski definition) is 3. The monoisotopic (exact) mass is 338 g/mol. The highest BCUT2D eigenvalue weighted by Gasteiger charge is 2.34. The van der Waals surface area contributed by atoms with Gasteiger partial charge in [0.1, 0.15) is 0 Å². The molecule has 1 unspecified atom stereocenters. The highest BCUT2D eigenvalue weighted by atomic mass is 35.5. The van der Waals surface area contributed by atoms with Gasteiger partial charge in [0.25, 0.3) is 0 Å². The Morgan fingerprint density at radius 2 is 2.00 bits per heavy atom. The third-order valence-electron chi connectivity index (χ3n) is 3.42. The third-order valence-corrected chi connectivity index (χ3v) is 4.00. The second-order valence-electron chi connectivity index (χ2n) is 5.08. The number of rotatable bonds is 2. The Balaban J connectivity index is 0.00000200. The van der Waals surface area contributed by atoms with Gasteiger partial charge in [-0.1, -0.05) is 23.2 Å². The van der Waals surface area contributed by atoms with Gasteiger partial charge in [0.05, 0.1) is 15.5 Å². The van der Waals surface area contributed by atoms with Crippen molar-refractivity contribution in [2.75, 3.05) is 18.4 Å². The number of halogens is 3. The fraction of sp³-hybridized carbons (Fsp3) is 0.462. The first-order valence-electron chi connectivity index (χ1n) is 6.12. The van der Waals surface area contributed by atoms with E-state index in [1.165, 1.54) is 12.1 Å². The van der Waals surface area contributed by atoms with Crippen molar-refractivity contribution in [2.45, 2.75) is 19.8 Å². The van der Waals surface area contributed by atoms with E-state index in [1.54, 1.807) is 0 Å². The number of phenolic OH excluding ortho intramolecular Hbond substituents is 1. The molecule has 1 aliphatic rings. The van der Waals surface area contributed by atoms with Gasteiger partial charge in [-0.3, -0.25) is 4.79 Å². The van der Waals surface area contributed by atoms with Gasteiger partial charge in [0, 0.05) is 12.2 Å². The number of hydrogen-bond donors (Lipinski definition) is 3. The van der Waals surface area contributed by atoms with E-state index in [0.717, 1.165) is 19.4 Å². The van der Waals surface area contributed by atoms with Gasteiger partial charge in [-0.15, -0.1) is 12.4 Å². The average Bonchev–Trinajstić information content (AvgIpc) is 2.36. The Morgan fingerprint density at radius 1 is 1.40 bits per heavy atom. The van der Waals surface area contributed by atoms with Gasteiger partial charge < -0.3 is 15.7 Å². The van der Waals surface area contributed by atoms with Crippen LogP contribution in [-0.2, 0) is 4.79 Å². The largest absolute Gasteiger partial charge is 0.505 e. The lowest BCUT2D eigenvalue weighted by molar-refractivity contribution is -0.125. The summed E-state index contributed by atoms with van der Waals surface area (Å²) in [7, 11) is 0. The van der Waals surface area contributed by atoms with Gasteiger partial charge in [0.2, 0.25) is 5.91 Å². The molecule has 7 heteroatoms. The van der Waals surface area contributed by atoms with Crippen molar-refractivity contribution in [3.63, 3.8) is 0 Å². The van der Waals surface area contributed by atoms with Crippen molar-refractivity contribution >= 4 is 47.2 Å². The molecule has 1 amide bonds. The number of aromatic hydroxyl groups is 1. The maximum Gasteiger partial charge on any atom is 0.231 e. The summed E-state index contributed by atoms with van der Waals surface area (Å²) in [5, 5.41) is 15.7. The first-order chi connectivity index (χ1) is 8.92. The summed E-state index contributed by atoms with van der Waals surface area (Å²) in [6.07, 6.45) is 1.81. The normalized spacial score (nSPS) is 21.9. The second-order valence-corrected chi connectivity index (χ2v) is 5.90. The molecule has 4 nitrogen and oxygen atoms in total. The first-order valence-corrected chi connectivity index (χ1v) is 6.88. The van der Waals surface area contributed by atoms with Crippen LogP contribution in [0, 0.1) is 5.41 Å². The zero-order valence-corrected chi connectivity index (χ0v) is 13.3. The zero-order chi connectivity index (χ0) is 14.0. The van der Waals surface area contributed by atoms with Crippen molar-refractivity contribution < 1.29 is 9.90 Å². The first kappa shape index (κ1) is 17.4. The van der Waals surface area contributed by atoms with E-state index >= 15 is 0 Å². The lowest BCUT2D eigenvalue weighted by atomic mass is 9.82. The molecule has 20 heavy (non-hydrogen) atoms. The van der Waals surface area contributed by atoms with Crippen molar-refractivity contribution in [3.05, 3.63) is 22.2 Å². The number of anilines is 1. The number of phenols is 1. The average molecular weight is 340 g/mol. The van der Waals surface area contributed by atoms with E-state index in [4.69, 9.17) is 23.2 Å². The third kappa shape index (κ3) is 3.70. The van der Waals surface area contributed by atoms with E-state index in [9.17, 15) is 9.90 Å². The molecule has 1 saturated heterocycles. The molecule has 2 rings (SSSR count). The van der Waals surface area contributed by atoms with E-state index in [-0.39, 0.29) is 34.1 Å². The molecule has 0 bridgehead atoms. The van der Waals surface area contributed by atoms with Gasteiger partial charge in [-0.25, -0.2) is 0 Å². The molecular weight excluding hydrogens is 323 g/mol. The minimum Gasteiger partial charge on any atom is -0.505 e. The van der Waals surface area contributed by atoms with Crippen LogP contribution in [0.15, 0.2) is 12.1 Å². The van der Waals surface area contributed by atoms with Crippen LogP contribution in [0.3, 0.4) is 0 Å². The van der Waals surface area contributed by atoms with Gasteiger partial charge in [0.15, 0.2) is 5.75 Å². The van der Waals surface area contributed by atoms with Crippen molar-refractivity contribution in [1.29, 1.82) is 0 Å². The Morgan fingerprint density at radius 3 is 2.50 bits per heavy atom. The number of carbonyl (C=O) groups is 1. The summed E-state index contributed by atoms with van der Waals surface area (Å²) < 4.78 is 0. The second kappa shape index (κ2) is 6.85. The number of amides is 1. The van der Waals surface area contributed by atoms with Crippen molar-refractivity contribution in [2.24, 2.45) is 5.41 Å². The minimum absolute atomic E-state index is 0. The van der Waals surface area contributed by atoms with E-state index in [1.807, 2.05) is 6.92 Å². The topological polar surface area (TPSA) is 61.4 Å². The molecule has 0 aromatic heterocycles. The Kier molecular flexibility index (Phi) is 5.95. The lowest BCUT2D eigenvalue weighted by Gasteiger charge is -2.32. The summed E-state index contributed by atoms with van der Waals surface area (Å²) in [6.45, 7) is 3.52. The smallest absolute Gasteiger partial charge is 0.231 e.